The lowest BCUT2D eigenvalue weighted by molar-refractivity contribution is -0.119. The van der Waals surface area contributed by atoms with E-state index in [1.807, 2.05) is 71.0 Å². The van der Waals surface area contributed by atoms with Gasteiger partial charge in [0.2, 0.25) is 5.91 Å². The van der Waals surface area contributed by atoms with Crippen molar-refractivity contribution in [3.63, 3.8) is 0 Å². The fourth-order valence-corrected chi connectivity index (χ4v) is 3.63. The first kappa shape index (κ1) is 25.0. The van der Waals surface area contributed by atoms with Crippen LogP contribution in [0.2, 0.25) is 0 Å². The minimum absolute atomic E-state index is 0.0666. The fourth-order valence-electron chi connectivity index (χ4n) is 2.77. The lowest BCUT2D eigenvalue weighted by Crippen LogP contribution is -2.27. The molecule has 2 rings (SSSR count). The Morgan fingerprint density at radius 2 is 1.69 bits per heavy atom. The number of allylic oxidation sites excluding steroid dienone is 2. The van der Waals surface area contributed by atoms with Gasteiger partial charge in [0.25, 0.3) is 0 Å². The first-order valence-corrected chi connectivity index (χ1v) is 10.6. The minimum Gasteiger partial charge on any atom is -0.352 e. The number of hydrogen-bond donors (Lipinski definition) is 1. The summed E-state index contributed by atoms with van der Waals surface area (Å²) in [6, 6.07) is 14.1. The standard InChI is InChI=1S/C22H27NO3S.C2H6/c1-6-15(2)27-21(16(3)22(25-4)26-5)23-20(24)14-18-12-9-11-17-10-7-8-13-19(17)18;1-2/h6-13,22H,14H2,1-5H3,(H,23,24);1-2H3/b15-6+,21-16+;. The molecule has 4 nitrogen and oxygen atoms in total. The van der Waals surface area contributed by atoms with Crippen molar-refractivity contribution in [1.82, 2.24) is 5.32 Å². The van der Waals surface area contributed by atoms with Crippen LogP contribution in [0.1, 0.15) is 40.2 Å². The first-order chi connectivity index (χ1) is 14.0. The number of rotatable bonds is 8. The van der Waals surface area contributed by atoms with E-state index >= 15 is 0 Å². The summed E-state index contributed by atoms with van der Waals surface area (Å²) in [6.45, 7) is 9.88. The molecular formula is C24H33NO3S. The van der Waals surface area contributed by atoms with Gasteiger partial charge in [0.05, 0.1) is 11.4 Å². The Labute approximate surface area is 179 Å². The molecule has 0 aliphatic rings. The highest BCUT2D eigenvalue weighted by molar-refractivity contribution is 8.06. The summed E-state index contributed by atoms with van der Waals surface area (Å²) >= 11 is 1.50. The smallest absolute Gasteiger partial charge is 0.229 e. The molecule has 2 aromatic carbocycles. The van der Waals surface area contributed by atoms with Crippen molar-refractivity contribution in [2.24, 2.45) is 0 Å². The van der Waals surface area contributed by atoms with Crippen LogP contribution in [0.4, 0.5) is 0 Å². The summed E-state index contributed by atoms with van der Waals surface area (Å²) in [7, 11) is 3.17. The summed E-state index contributed by atoms with van der Waals surface area (Å²) in [4.78, 5) is 13.9. The van der Waals surface area contributed by atoms with Crippen LogP contribution in [0.15, 0.2) is 64.0 Å². The van der Waals surface area contributed by atoms with E-state index in [0.717, 1.165) is 31.8 Å². The average Bonchev–Trinajstić information content (AvgIpc) is 2.75. The molecule has 1 amide bonds. The van der Waals surface area contributed by atoms with Crippen molar-refractivity contribution in [2.75, 3.05) is 14.2 Å². The van der Waals surface area contributed by atoms with Crippen LogP contribution in [-0.4, -0.2) is 26.4 Å². The van der Waals surface area contributed by atoms with E-state index in [9.17, 15) is 4.79 Å². The molecular weight excluding hydrogens is 382 g/mol. The summed E-state index contributed by atoms with van der Waals surface area (Å²) in [5.74, 6) is -0.0666. The third kappa shape index (κ3) is 7.35. The van der Waals surface area contributed by atoms with Crippen LogP contribution in [0.5, 0.6) is 0 Å². The minimum atomic E-state index is -0.505. The second-order valence-corrected chi connectivity index (χ2v) is 7.44. The van der Waals surface area contributed by atoms with Gasteiger partial charge in [-0.3, -0.25) is 4.79 Å². The van der Waals surface area contributed by atoms with Crippen LogP contribution in [0, 0.1) is 0 Å². The summed E-state index contributed by atoms with van der Waals surface area (Å²) in [6.07, 6.45) is 1.80. The number of benzene rings is 2. The quantitative estimate of drug-likeness (QED) is 0.535. The van der Waals surface area contributed by atoms with Crippen molar-refractivity contribution in [3.05, 3.63) is 69.6 Å². The van der Waals surface area contributed by atoms with Gasteiger partial charge < -0.3 is 14.8 Å². The molecule has 0 fully saturated rings. The van der Waals surface area contributed by atoms with E-state index in [-0.39, 0.29) is 5.91 Å². The monoisotopic (exact) mass is 415 g/mol. The van der Waals surface area contributed by atoms with Gasteiger partial charge >= 0.3 is 0 Å². The van der Waals surface area contributed by atoms with Crippen molar-refractivity contribution in [2.45, 2.75) is 47.3 Å². The number of carbonyl (C=O) groups is 1. The molecule has 0 heterocycles. The topological polar surface area (TPSA) is 47.6 Å². The number of carbonyl (C=O) groups excluding carboxylic acids is 1. The third-order valence-corrected chi connectivity index (χ3v) is 5.48. The van der Waals surface area contributed by atoms with Crippen molar-refractivity contribution < 1.29 is 14.3 Å². The molecule has 2 aromatic rings. The Kier molecular flexibility index (Phi) is 11.4. The van der Waals surface area contributed by atoms with Crippen LogP contribution in [0.25, 0.3) is 10.8 Å². The molecule has 1 N–H and O–H groups in total. The van der Waals surface area contributed by atoms with E-state index in [1.54, 1.807) is 14.2 Å². The van der Waals surface area contributed by atoms with E-state index < -0.39 is 6.29 Å². The van der Waals surface area contributed by atoms with E-state index in [2.05, 4.69) is 17.4 Å². The molecule has 0 radical (unpaired) electrons. The van der Waals surface area contributed by atoms with E-state index in [0.29, 0.717) is 6.42 Å². The first-order valence-electron chi connectivity index (χ1n) is 9.83. The highest BCUT2D eigenvalue weighted by atomic mass is 32.2. The van der Waals surface area contributed by atoms with Gasteiger partial charge in [0.15, 0.2) is 6.29 Å². The number of thioether (sulfide) groups is 1. The maximum atomic E-state index is 12.8. The molecule has 0 unspecified atom stereocenters. The SMILES string of the molecule is C/C=C(\C)S/C(NC(=O)Cc1cccc2ccccc12)=C(\C)C(OC)OC.CC. The number of methoxy groups -OCH3 is 2. The molecule has 29 heavy (non-hydrogen) atoms. The Balaban J connectivity index is 0.00000204. The molecule has 0 atom stereocenters. The Bertz CT molecular complexity index is 849. The summed E-state index contributed by atoms with van der Waals surface area (Å²) in [5, 5.41) is 6.02. The molecule has 158 valence electrons. The van der Waals surface area contributed by atoms with E-state index in [4.69, 9.17) is 9.47 Å². The third-order valence-electron chi connectivity index (χ3n) is 4.29. The molecule has 0 aliphatic carbocycles. The molecule has 0 saturated carbocycles. The zero-order valence-corrected chi connectivity index (χ0v) is 19.4. The Morgan fingerprint density at radius 1 is 1.07 bits per heavy atom. The van der Waals surface area contributed by atoms with Crippen molar-refractivity contribution in [3.8, 4) is 0 Å². The number of fused-ring (bicyclic) bond motifs is 1. The van der Waals surface area contributed by atoms with Gasteiger partial charge in [-0.2, -0.15) is 0 Å². The number of amides is 1. The van der Waals surface area contributed by atoms with Crippen LogP contribution in [-0.2, 0) is 20.7 Å². The molecule has 0 aliphatic heterocycles. The normalized spacial score (nSPS) is 12.3. The summed E-state index contributed by atoms with van der Waals surface area (Å²) in [5.41, 5.74) is 1.84. The predicted octanol–water partition coefficient (Wildman–Crippen LogP) is 6.03. The molecule has 0 saturated heterocycles. The maximum Gasteiger partial charge on any atom is 0.229 e. The van der Waals surface area contributed by atoms with Gasteiger partial charge in [0, 0.05) is 19.8 Å². The fraction of sp³-hybridized carbons (Fsp3) is 0.375. The molecule has 0 bridgehead atoms. The van der Waals surface area contributed by atoms with Gasteiger partial charge in [-0.15, -0.1) is 0 Å². The maximum absolute atomic E-state index is 12.8. The van der Waals surface area contributed by atoms with Crippen LogP contribution >= 0.6 is 11.8 Å². The zero-order chi connectivity index (χ0) is 21.8. The van der Waals surface area contributed by atoms with E-state index in [1.165, 1.54) is 11.8 Å². The van der Waals surface area contributed by atoms with Gasteiger partial charge in [0.1, 0.15) is 0 Å². The Morgan fingerprint density at radius 3 is 2.31 bits per heavy atom. The second kappa shape index (κ2) is 13.2. The average molecular weight is 416 g/mol. The number of hydrogen-bond acceptors (Lipinski definition) is 4. The molecule has 0 spiro atoms. The van der Waals surface area contributed by atoms with Gasteiger partial charge in [-0.25, -0.2) is 0 Å². The highest BCUT2D eigenvalue weighted by Gasteiger charge is 2.17. The largest absolute Gasteiger partial charge is 0.352 e. The summed E-state index contributed by atoms with van der Waals surface area (Å²) < 4.78 is 10.7. The number of ether oxygens (including phenoxy) is 2. The number of nitrogens with one attached hydrogen (secondary N) is 1. The van der Waals surface area contributed by atoms with Gasteiger partial charge in [-0.1, -0.05) is 74.1 Å². The lowest BCUT2D eigenvalue weighted by Gasteiger charge is -2.19. The van der Waals surface area contributed by atoms with Crippen LogP contribution < -0.4 is 5.32 Å². The molecule has 0 aromatic heterocycles. The van der Waals surface area contributed by atoms with Crippen LogP contribution in [0.3, 0.4) is 0 Å². The van der Waals surface area contributed by atoms with Crippen molar-refractivity contribution in [1.29, 1.82) is 0 Å². The van der Waals surface area contributed by atoms with Crippen molar-refractivity contribution >= 4 is 28.4 Å². The second-order valence-electron chi connectivity index (χ2n) is 6.18. The highest BCUT2D eigenvalue weighted by Crippen LogP contribution is 2.28. The van der Waals surface area contributed by atoms with Gasteiger partial charge in [-0.05, 0) is 42.0 Å². The molecule has 5 heteroatoms. The predicted molar refractivity (Wildman–Crippen MR) is 125 cm³/mol. The lowest BCUT2D eigenvalue weighted by atomic mass is 10.0. The Hall–Kier alpha value is -2.08. The zero-order valence-electron chi connectivity index (χ0n) is 18.5.